The molecule has 0 unspecified atom stereocenters. The zero-order chi connectivity index (χ0) is 24.1. The van der Waals surface area contributed by atoms with Crippen LogP contribution in [0.2, 0.25) is 10.0 Å². The quantitative estimate of drug-likeness (QED) is 0.437. The highest BCUT2D eigenvalue weighted by Gasteiger charge is 2.25. The molecule has 0 bridgehead atoms. The molecular formula is C25H15Cl2N3O3S. The maximum Gasteiger partial charge on any atom is 0.279 e. The number of halogens is 2. The monoisotopic (exact) mass is 507 g/mol. The number of carbonyl (C=O) groups is 2. The van der Waals surface area contributed by atoms with E-state index in [0.717, 1.165) is 11.8 Å². The van der Waals surface area contributed by atoms with Gasteiger partial charge in [0.2, 0.25) is 0 Å². The SMILES string of the molecule is N#Cc1ccccc1COc1c(Cl)cc(/C=C2\SC(=NC(=O)c3ccccc3)NC2=O)cc1Cl. The molecule has 0 spiro atoms. The first kappa shape index (κ1) is 23.6. The molecule has 2 amide bonds. The molecule has 34 heavy (non-hydrogen) atoms. The molecule has 0 aliphatic carbocycles. The lowest BCUT2D eigenvalue weighted by molar-refractivity contribution is -0.115. The van der Waals surface area contributed by atoms with E-state index in [0.29, 0.717) is 27.2 Å². The molecule has 1 saturated heterocycles. The predicted octanol–water partition coefficient (Wildman–Crippen LogP) is 5.84. The van der Waals surface area contributed by atoms with E-state index in [-0.39, 0.29) is 33.5 Å². The summed E-state index contributed by atoms with van der Waals surface area (Å²) in [6, 6.07) is 21.0. The van der Waals surface area contributed by atoms with Gasteiger partial charge in [0.25, 0.3) is 11.8 Å². The molecule has 6 nitrogen and oxygen atoms in total. The molecular weight excluding hydrogens is 493 g/mol. The second kappa shape index (κ2) is 10.6. The van der Waals surface area contributed by atoms with Crippen LogP contribution in [0.4, 0.5) is 0 Å². The van der Waals surface area contributed by atoms with Gasteiger partial charge in [0.1, 0.15) is 6.61 Å². The minimum atomic E-state index is -0.449. The second-order valence-corrected chi connectivity index (χ2v) is 8.87. The standard InChI is InChI=1S/C25H15Cl2N3O3S/c26-19-10-15(11-20(27)22(19)33-14-18-9-5-4-8-17(18)13-28)12-21-24(32)30-25(34-21)29-23(31)16-6-2-1-3-7-16/h1-12H,14H2,(H,29,30,31,32)/b21-12-. The number of benzene rings is 3. The number of nitriles is 1. The van der Waals surface area contributed by atoms with Gasteiger partial charge >= 0.3 is 0 Å². The molecule has 0 radical (unpaired) electrons. The Balaban J connectivity index is 1.50. The van der Waals surface area contributed by atoms with Gasteiger partial charge < -0.3 is 10.1 Å². The zero-order valence-electron chi connectivity index (χ0n) is 17.4. The Labute approximate surface area is 209 Å². The van der Waals surface area contributed by atoms with Crippen molar-refractivity contribution in [1.29, 1.82) is 5.26 Å². The van der Waals surface area contributed by atoms with Gasteiger partial charge in [-0.25, -0.2) is 0 Å². The second-order valence-electron chi connectivity index (χ2n) is 7.02. The van der Waals surface area contributed by atoms with E-state index in [1.165, 1.54) is 0 Å². The van der Waals surface area contributed by atoms with Gasteiger partial charge in [-0.2, -0.15) is 10.3 Å². The van der Waals surface area contributed by atoms with Crippen molar-refractivity contribution in [3.05, 3.63) is 104 Å². The number of amidine groups is 1. The number of ether oxygens (including phenoxy) is 1. The molecule has 3 aromatic rings. The van der Waals surface area contributed by atoms with Crippen molar-refractivity contribution >= 4 is 58.0 Å². The number of amides is 2. The number of hydrogen-bond donors (Lipinski definition) is 1. The van der Waals surface area contributed by atoms with E-state index in [2.05, 4.69) is 16.4 Å². The third kappa shape index (κ3) is 5.49. The lowest BCUT2D eigenvalue weighted by Crippen LogP contribution is -2.20. The molecule has 0 saturated carbocycles. The molecule has 9 heteroatoms. The highest BCUT2D eigenvalue weighted by Crippen LogP contribution is 2.36. The van der Waals surface area contributed by atoms with E-state index >= 15 is 0 Å². The third-order valence-electron chi connectivity index (χ3n) is 4.70. The summed E-state index contributed by atoms with van der Waals surface area (Å²) in [6.07, 6.45) is 1.60. The molecule has 0 atom stereocenters. The average molecular weight is 508 g/mol. The molecule has 168 valence electrons. The van der Waals surface area contributed by atoms with E-state index < -0.39 is 5.91 Å². The summed E-state index contributed by atoms with van der Waals surface area (Å²) in [5, 5.41) is 12.5. The Hall–Kier alpha value is -3.57. The Kier molecular flexibility index (Phi) is 7.33. The number of thioether (sulfide) groups is 1. The summed E-state index contributed by atoms with van der Waals surface area (Å²) in [7, 11) is 0. The van der Waals surface area contributed by atoms with Gasteiger partial charge in [-0.05, 0) is 53.7 Å². The Morgan fingerprint density at radius 1 is 1.09 bits per heavy atom. The van der Waals surface area contributed by atoms with Crippen LogP contribution in [0.3, 0.4) is 0 Å². The average Bonchev–Trinajstić information content (AvgIpc) is 3.17. The van der Waals surface area contributed by atoms with E-state index in [1.54, 1.807) is 66.7 Å². The van der Waals surface area contributed by atoms with Crippen molar-refractivity contribution in [3.63, 3.8) is 0 Å². The highest BCUT2D eigenvalue weighted by molar-refractivity contribution is 8.18. The molecule has 0 aromatic heterocycles. The summed E-state index contributed by atoms with van der Waals surface area (Å²) in [5.41, 5.74) is 2.21. The number of nitrogens with zero attached hydrogens (tertiary/aromatic N) is 2. The van der Waals surface area contributed by atoms with Gasteiger partial charge in [-0.1, -0.05) is 59.6 Å². The number of carbonyl (C=O) groups excluding carboxylic acids is 2. The maximum atomic E-state index is 12.4. The minimum Gasteiger partial charge on any atom is -0.486 e. The Bertz CT molecular complexity index is 1360. The van der Waals surface area contributed by atoms with E-state index in [9.17, 15) is 14.9 Å². The topological polar surface area (TPSA) is 91.5 Å². The van der Waals surface area contributed by atoms with Crippen LogP contribution in [0, 0.1) is 11.3 Å². The van der Waals surface area contributed by atoms with Gasteiger partial charge in [0.05, 0.1) is 26.6 Å². The van der Waals surface area contributed by atoms with Gasteiger partial charge in [0.15, 0.2) is 10.9 Å². The van der Waals surface area contributed by atoms with Crippen LogP contribution >= 0.6 is 35.0 Å². The lowest BCUT2D eigenvalue weighted by atomic mass is 10.1. The molecule has 1 aliphatic rings. The van der Waals surface area contributed by atoms with Crippen LogP contribution in [-0.4, -0.2) is 17.0 Å². The molecule has 1 aliphatic heterocycles. The van der Waals surface area contributed by atoms with Crippen molar-refractivity contribution in [2.45, 2.75) is 6.61 Å². The first-order valence-electron chi connectivity index (χ1n) is 9.93. The van der Waals surface area contributed by atoms with Gasteiger partial charge in [-0.15, -0.1) is 0 Å². The largest absolute Gasteiger partial charge is 0.486 e. The zero-order valence-corrected chi connectivity index (χ0v) is 19.7. The van der Waals surface area contributed by atoms with Crippen LogP contribution in [0.25, 0.3) is 6.08 Å². The van der Waals surface area contributed by atoms with Crippen molar-refractivity contribution < 1.29 is 14.3 Å². The fraction of sp³-hybridized carbons (Fsp3) is 0.0400. The molecule has 3 aromatic carbocycles. The van der Waals surface area contributed by atoms with Crippen molar-refractivity contribution in [1.82, 2.24) is 5.32 Å². The smallest absolute Gasteiger partial charge is 0.279 e. The Morgan fingerprint density at radius 3 is 2.47 bits per heavy atom. The molecule has 1 heterocycles. The summed E-state index contributed by atoms with van der Waals surface area (Å²) >= 11 is 13.8. The lowest BCUT2D eigenvalue weighted by Gasteiger charge is -2.12. The molecule has 4 rings (SSSR count). The van der Waals surface area contributed by atoms with Crippen LogP contribution in [0.5, 0.6) is 5.75 Å². The van der Waals surface area contributed by atoms with Crippen molar-refractivity contribution in [3.8, 4) is 11.8 Å². The van der Waals surface area contributed by atoms with Crippen LogP contribution < -0.4 is 10.1 Å². The molecule has 1 fully saturated rings. The first-order chi connectivity index (χ1) is 16.4. The minimum absolute atomic E-state index is 0.122. The third-order valence-corrected chi connectivity index (χ3v) is 6.17. The van der Waals surface area contributed by atoms with E-state index in [4.69, 9.17) is 27.9 Å². The van der Waals surface area contributed by atoms with Crippen LogP contribution in [0.15, 0.2) is 76.6 Å². The number of hydrogen-bond acceptors (Lipinski definition) is 5. The predicted molar refractivity (Wildman–Crippen MR) is 134 cm³/mol. The fourth-order valence-electron chi connectivity index (χ4n) is 3.08. The molecule has 1 N–H and O–H groups in total. The highest BCUT2D eigenvalue weighted by atomic mass is 35.5. The normalized spacial score (nSPS) is 15.3. The number of rotatable bonds is 5. The summed E-state index contributed by atoms with van der Waals surface area (Å²) in [4.78, 5) is 28.9. The van der Waals surface area contributed by atoms with Gasteiger partial charge in [0, 0.05) is 11.1 Å². The van der Waals surface area contributed by atoms with Crippen molar-refractivity contribution in [2.24, 2.45) is 4.99 Å². The number of nitrogens with one attached hydrogen (secondary N) is 1. The number of aliphatic imine (C=N–C) groups is 1. The van der Waals surface area contributed by atoms with E-state index in [1.807, 2.05) is 6.07 Å². The van der Waals surface area contributed by atoms with Crippen LogP contribution in [0.1, 0.15) is 27.0 Å². The Morgan fingerprint density at radius 2 is 1.76 bits per heavy atom. The van der Waals surface area contributed by atoms with Crippen LogP contribution in [-0.2, 0) is 11.4 Å². The summed E-state index contributed by atoms with van der Waals surface area (Å²) in [6.45, 7) is 0.122. The summed E-state index contributed by atoms with van der Waals surface area (Å²) < 4.78 is 5.77. The van der Waals surface area contributed by atoms with Crippen molar-refractivity contribution in [2.75, 3.05) is 0 Å². The fourth-order valence-corrected chi connectivity index (χ4v) is 4.51. The van der Waals surface area contributed by atoms with Gasteiger partial charge in [-0.3, -0.25) is 9.59 Å². The first-order valence-corrected chi connectivity index (χ1v) is 11.5. The maximum absolute atomic E-state index is 12.4. The summed E-state index contributed by atoms with van der Waals surface area (Å²) in [5.74, 6) is -0.557.